The number of methoxy groups -OCH3 is 3. The van der Waals surface area contributed by atoms with Gasteiger partial charge in [0.05, 0.1) is 31.7 Å². The summed E-state index contributed by atoms with van der Waals surface area (Å²) in [4.78, 5) is 34.8. The minimum atomic E-state index is -0.591. The van der Waals surface area contributed by atoms with Gasteiger partial charge in [-0.2, -0.15) is 0 Å². The van der Waals surface area contributed by atoms with Crippen molar-refractivity contribution in [2.75, 3.05) is 53.4 Å². The molecule has 6 rings (SSSR count). The van der Waals surface area contributed by atoms with Crippen molar-refractivity contribution in [2.24, 2.45) is 17.8 Å². The molecule has 1 saturated heterocycles. The van der Waals surface area contributed by atoms with Crippen LogP contribution in [0.2, 0.25) is 0 Å². The van der Waals surface area contributed by atoms with Gasteiger partial charge in [0.1, 0.15) is 18.0 Å². The van der Waals surface area contributed by atoms with Crippen LogP contribution < -0.4 is 9.64 Å². The fourth-order valence-corrected chi connectivity index (χ4v) is 7.47. The van der Waals surface area contributed by atoms with Gasteiger partial charge in [-0.1, -0.05) is 6.07 Å². The van der Waals surface area contributed by atoms with Crippen LogP contribution in [0, 0.1) is 17.8 Å². The van der Waals surface area contributed by atoms with Gasteiger partial charge in [-0.05, 0) is 67.0 Å². The number of piperidine rings is 1. The van der Waals surface area contributed by atoms with Crippen molar-refractivity contribution >= 4 is 28.5 Å². The van der Waals surface area contributed by atoms with Crippen molar-refractivity contribution in [3.8, 4) is 5.75 Å². The number of fused-ring (bicyclic) bond motifs is 6. The molecule has 1 saturated carbocycles. The van der Waals surface area contributed by atoms with Crippen LogP contribution in [0.25, 0.3) is 10.9 Å². The summed E-state index contributed by atoms with van der Waals surface area (Å²) in [5.41, 5.74) is 5.04. The maximum absolute atomic E-state index is 13.3. The molecule has 9 nitrogen and oxygen atoms in total. The number of esters is 2. The Bertz CT molecular complexity index is 1450. The summed E-state index contributed by atoms with van der Waals surface area (Å²) in [6, 6.07) is 13.7. The quantitative estimate of drug-likeness (QED) is 0.448. The standard InChI is InChI=1S/C32H39N3O6/c1-34(2)20-8-6-7-18(13-20)31(36)41-27-14-19-17-35-12-11-23-22-10-9-21(38-3)15-25(22)33-29(23)26(35)16-24(19)28(30(27)39-4)32(37)40-5/h6-10,13,15,19,24,26-28,30,33H,11-12,14,16-17H2,1-5H3/t19-,24+,26+,27+,28+,30-/m1/s1. The third-order valence-corrected chi connectivity index (χ3v) is 9.46. The summed E-state index contributed by atoms with van der Waals surface area (Å²) < 4.78 is 22.8. The number of aromatic amines is 1. The van der Waals surface area contributed by atoms with Crippen LogP contribution in [0.4, 0.5) is 5.69 Å². The van der Waals surface area contributed by atoms with E-state index in [1.165, 1.54) is 23.8 Å². The van der Waals surface area contributed by atoms with E-state index in [2.05, 4.69) is 22.0 Å². The van der Waals surface area contributed by atoms with Crippen LogP contribution in [-0.4, -0.2) is 82.5 Å². The van der Waals surface area contributed by atoms with Crippen LogP contribution >= 0.6 is 0 Å². The van der Waals surface area contributed by atoms with E-state index in [0.717, 1.165) is 42.9 Å². The fraction of sp³-hybridized carbons (Fsp3) is 0.500. The molecule has 2 aliphatic heterocycles. The molecule has 3 aliphatic rings. The molecule has 0 radical (unpaired) electrons. The van der Waals surface area contributed by atoms with Gasteiger partial charge in [0.2, 0.25) is 0 Å². The lowest BCUT2D eigenvalue weighted by Crippen LogP contribution is -2.58. The molecule has 41 heavy (non-hydrogen) atoms. The molecule has 3 heterocycles. The zero-order chi connectivity index (χ0) is 28.8. The molecule has 1 aliphatic carbocycles. The Labute approximate surface area is 240 Å². The number of aromatic nitrogens is 1. The van der Waals surface area contributed by atoms with Crippen molar-refractivity contribution in [3.63, 3.8) is 0 Å². The van der Waals surface area contributed by atoms with Crippen LogP contribution in [0.1, 0.15) is 40.5 Å². The first-order valence-electron chi connectivity index (χ1n) is 14.3. The monoisotopic (exact) mass is 561 g/mol. The third-order valence-electron chi connectivity index (χ3n) is 9.46. The molecule has 9 heteroatoms. The number of benzene rings is 2. The van der Waals surface area contributed by atoms with E-state index in [0.29, 0.717) is 12.0 Å². The van der Waals surface area contributed by atoms with Gasteiger partial charge in [-0.15, -0.1) is 0 Å². The van der Waals surface area contributed by atoms with E-state index in [1.807, 2.05) is 43.3 Å². The van der Waals surface area contributed by atoms with Crippen LogP contribution in [0.3, 0.4) is 0 Å². The third kappa shape index (κ3) is 4.85. The number of ether oxygens (including phenoxy) is 4. The molecular weight excluding hydrogens is 522 g/mol. The Kier molecular flexibility index (Phi) is 7.42. The zero-order valence-electron chi connectivity index (χ0n) is 24.4. The minimum Gasteiger partial charge on any atom is -0.497 e. The predicted octanol–water partition coefficient (Wildman–Crippen LogP) is 4.21. The highest BCUT2D eigenvalue weighted by molar-refractivity contribution is 5.91. The Morgan fingerprint density at radius 2 is 1.88 bits per heavy atom. The molecule has 0 amide bonds. The van der Waals surface area contributed by atoms with Crippen molar-refractivity contribution in [2.45, 2.75) is 37.5 Å². The fourth-order valence-electron chi connectivity index (χ4n) is 7.47. The first kappa shape index (κ1) is 27.6. The van der Waals surface area contributed by atoms with E-state index in [1.54, 1.807) is 20.3 Å². The van der Waals surface area contributed by atoms with E-state index >= 15 is 0 Å². The van der Waals surface area contributed by atoms with Crippen LogP contribution in [-0.2, 0) is 25.4 Å². The van der Waals surface area contributed by atoms with E-state index < -0.39 is 24.1 Å². The smallest absolute Gasteiger partial charge is 0.338 e. The maximum Gasteiger partial charge on any atom is 0.338 e. The number of hydrogen-bond acceptors (Lipinski definition) is 8. The number of hydrogen-bond donors (Lipinski definition) is 1. The highest BCUT2D eigenvalue weighted by Gasteiger charge is 2.54. The SMILES string of the molecule is COC(=O)[C@H]1[C@H]2C[C@H]3c4[nH]c5cc(OC)ccc5c4CCN3C[C@H]2C[C@H](OC(=O)c2cccc(N(C)C)c2)[C@H]1OC. The normalized spacial score (nSPS) is 27.3. The molecule has 0 spiro atoms. The number of carbonyl (C=O) groups excluding carboxylic acids is 2. The molecule has 3 aromatic rings. The molecular formula is C32H39N3O6. The van der Waals surface area contributed by atoms with E-state index in [4.69, 9.17) is 18.9 Å². The van der Waals surface area contributed by atoms with Crippen LogP contribution in [0.15, 0.2) is 42.5 Å². The highest BCUT2D eigenvalue weighted by Crippen LogP contribution is 2.50. The summed E-state index contributed by atoms with van der Waals surface area (Å²) in [5, 5.41) is 1.23. The van der Waals surface area contributed by atoms with Gasteiger partial charge in [-0.25, -0.2) is 4.79 Å². The van der Waals surface area contributed by atoms with E-state index in [9.17, 15) is 9.59 Å². The number of anilines is 1. The van der Waals surface area contributed by atoms with Gasteiger partial charge in [0.25, 0.3) is 0 Å². The summed E-state index contributed by atoms with van der Waals surface area (Å²) in [5.74, 6) is -0.231. The maximum atomic E-state index is 13.3. The average Bonchev–Trinajstić information content (AvgIpc) is 3.37. The van der Waals surface area contributed by atoms with Gasteiger partial charge in [0, 0.05) is 62.6 Å². The Hall–Kier alpha value is -3.56. The number of nitrogens with one attached hydrogen (secondary N) is 1. The van der Waals surface area contributed by atoms with Gasteiger partial charge >= 0.3 is 11.9 Å². The van der Waals surface area contributed by atoms with E-state index in [-0.39, 0.29) is 23.8 Å². The second-order valence-corrected chi connectivity index (χ2v) is 11.7. The molecule has 2 fully saturated rings. The van der Waals surface area contributed by atoms with Crippen LogP contribution in [0.5, 0.6) is 5.75 Å². The Morgan fingerprint density at radius 1 is 1.05 bits per heavy atom. The second kappa shape index (κ2) is 11.0. The summed E-state index contributed by atoms with van der Waals surface area (Å²) >= 11 is 0. The largest absolute Gasteiger partial charge is 0.497 e. The minimum absolute atomic E-state index is 0.0348. The first-order chi connectivity index (χ1) is 19.8. The molecule has 218 valence electrons. The van der Waals surface area contributed by atoms with Gasteiger partial charge in [0.15, 0.2) is 0 Å². The molecule has 6 atom stereocenters. The number of nitrogens with zero attached hydrogens (tertiary/aromatic N) is 2. The molecule has 0 bridgehead atoms. The summed E-state index contributed by atoms with van der Waals surface area (Å²) in [6.45, 7) is 1.76. The van der Waals surface area contributed by atoms with Crippen molar-refractivity contribution in [1.29, 1.82) is 0 Å². The number of rotatable bonds is 6. The lowest BCUT2D eigenvalue weighted by atomic mass is 9.63. The van der Waals surface area contributed by atoms with Crippen molar-refractivity contribution in [1.82, 2.24) is 9.88 Å². The number of H-pyrrole nitrogens is 1. The van der Waals surface area contributed by atoms with Gasteiger partial charge < -0.3 is 28.8 Å². The molecule has 0 unspecified atom stereocenters. The lowest BCUT2D eigenvalue weighted by molar-refractivity contribution is -0.176. The highest BCUT2D eigenvalue weighted by atomic mass is 16.6. The summed E-state index contributed by atoms with van der Waals surface area (Å²) in [6.07, 6.45) is 1.24. The molecule has 1 aromatic heterocycles. The predicted molar refractivity (Wildman–Crippen MR) is 155 cm³/mol. The zero-order valence-corrected chi connectivity index (χ0v) is 24.4. The lowest BCUT2D eigenvalue weighted by Gasteiger charge is -2.52. The van der Waals surface area contributed by atoms with Crippen molar-refractivity contribution < 1.29 is 28.5 Å². The summed E-state index contributed by atoms with van der Waals surface area (Å²) in [7, 11) is 8.56. The topological polar surface area (TPSA) is 93.3 Å². The number of carbonyl (C=O) groups is 2. The Morgan fingerprint density at radius 3 is 2.61 bits per heavy atom. The second-order valence-electron chi connectivity index (χ2n) is 11.7. The average molecular weight is 562 g/mol. The first-order valence-corrected chi connectivity index (χ1v) is 14.3. The van der Waals surface area contributed by atoms with Gasteiger partial charge in [-0.3, -0.25) is 9.69 Å². The van der Waals surface area contributed by atoms with Crippen molar-refractivity contribution in [3.05, 3.63) is 59.3 Å². The molecule has 2 aromatic carbocycles. The molecule has 1 N–H and O–H groups in total. The Balaban J connectivity index is 1.29.